The minimum absolute atomic E-state index is 0.000935. The summed E-state index contributed by atoms with van der Waals surface area (Å²) in [6.07, 6.45) is 10.2. The van der Waals surface area contributed by atoms with E-state index in [0.717, 1.165) is 94.7 Å². The summed E-state index contributed by atoms with van der Waals surface area (Å²) in [5.41, 5.74) is 1.98. The smallest absolute Gasteiger partial charge is 0.261 e. The number of ether oxygens (including phenoxy) is 1. The molecule has 0 bridgehead atoms. The Morgan fingerprint density at radius 3 is 2.66 bits per heavy atom. The van der Waals surface area contributed by atoms with Crippen molar-refractivity contribution in [3.8, 4) is 0 Å². The first kappa shape index (κ1) is 23.3. The summed E-state index contributed by atoms with van der Waals surface area (Å²) < 4.78 is 7.31. The van der Waals surface area contributed by atoms with Crippen LogP contribution in [0.4, 0.5) is 0 Å². The van der Waals surface area contributed by atoms with Crippen LogP contribution >= 0.6 is 0 Å². The molecule has 1 unspecified atom stereocenters. The van der Waals surface area contributed by atoms with Crippen LogP contribution in [0.5, 0.6) is 0 Å². The molecule has 7 nitrogen and oxygen atoms in total. The van der Waals surface area contributed by atoms with Gasteiger partial charge in [-0.25, -0.2) is 9.97 Å². The predicted molar refractivity (Wildman–Crippen MR) is 126 cm³/mol. The summed E-state index contributed by atoms with van der Waals surface area (Å²) in [6, 6.07) is 0. The molecule has 2 aromatic heterocycles. The highest BCUT2D eigenvalue weighted by molar-refractivity contribution is 5.80. The van der Waals surface area contributed by atoms with Gasteiger partial charge in [-0.05, 0) is 43.1 Å². The minimum Gasteiger partial charge on any atom is -0.393 e. The average molecular weight is 443 g/mol. The standard InChI is InChI=1S/C25H38N4O3/c1-3-4-18(2)15-23-26-16-21-24(27-23)22(19-5-7-20(30)8-6-19)17-29(25(21)31)10-9-28-11-13-32-14-12-28/h16-20,30H,3-15H2,1-2H3. The minimum atomic E-state index is -0.204. The number of rotatable bonds is 8. The number of nitrogens with zero attached hydrogens (tertiary/aromatic N) is 4. The number of morpholine rings is 1. The van der Waals surface area contributed by atoms with E-state index >= 15 is 0 Å². The fourth-order valence-corrected chi connectivity index (χ4v) is 5.17. The lowest BCUT2D eigenvalue weighted by Crippen LogP contribution is -2.39. The van der Waals surface area contributed by atoms with Gasteiger partial charge in [0.2, 0.25) is 0 Å². The molecule has 32 heavy (non-hydrogen) atoms. The maximum atomic E-state index is 13.3. The van der Waals surface area contributed by atoms with Gasteiger partial charge in [0.25, 0.3) is 5.56 Å². The third-order valence-corrected chi connectivity index (χ3v) is 7.11. The van der Waals surface area contributed by atoms with E-state index in [1.54, 1.807) is 6.20 Å². The Hall–Kier alpha value is -1.83. The number of hydrogen-bond donors (Lipinski definition) is 1. The number of aliphatic hydroxyl groups is 1. The van der Waals surface area contributed by atoms with Crippen LogP contribution in [0.15, 0.2) is 17.2 Å². The van der Waals surface area contributed by atoms with Crippen molar-refractivity contribution in [1.29, 1.82) is 0 Å². The van der Waals surface area contributed by atoms with Gasteiger partial charge in [0.15, 0.2) is 0 Å². The first-order valence-corrected chi connectivity index (χ1v) is 12.4. The molecule has 0 amide bonds. The number of aromatic nitrogens is 3. The Morgan fingerprint density at radius 2 is 1.94 bits per heavy atom. The summed E-state index contributed by atoms with van der Waals surface area (Å²) in [5, 5.41) is 10.6. The van der Waals surface area contributed by atoms with E-state index in [1.807, 2.05) is 4.57 Å². The van der Waals surface area contributed by atoms with Gasteiger partial charge in [-0.15, -0.1) is 0 Å². The molecule has 0 radical (unpaired) electrons. The molecule has 176 valence electrons. The fraction of sp³-hybridized carbons (Fsp3) is 0.720. The number of aliphatic hydroxyl groups excluding tert-OH is 1. The zero-order chi connectivity index (χ0) is 22.5. The quantitative estimate of drug-likeness (QED) is 0.677. The molecule has 3 heterocycles. The molecule has 1 saturated carbocycles. The van der Waals surface area contributed by atoms with E-state index in [0.29, 0.717) is 23.8 Å². The van der Waals surface area contributed by atoms with Gasteiger partial charge in [0.05, 0.1) is 30.2 Å². The highest BCUT2D eigenvalue weighted by Gasteiger charge is 2.25. The number of hydrogen-bond acceptors (Lipinski definition) is 6. The Bertz CT molecular complexity index is 946. The maximum Gasteiger partial charge on any atom is 0.261 e. The number of pyridine rings is 1. The van der Waals surface area contributed by atoms with Crippen molar-refractivity contribution >= 4 is 10.9 Å². The summed E-state index contributed by atoms with van der Waals surface area (Å²) in [7, 11) is 0. The lowest BCUT2D eigenvalue weighted by atomic mass is 9.82. The summed E-state index contributed by atoms with van der Waals surface area (Å²) in [4.78, 5) is 25.2. The van der Waals surface area contributed by atoms with Gasteiger partial charge >= 0.3 is 0 Å². The van der Waals surface area contributed by atoms with Crippen molar-refractivity contribution in [3.05, 3.63) is 34.1 Å². The van der Waals surface area contributed by atoms with Crippen LogP contribution in [0.1, 0.15) is 69.7 Å². The van der Waals surface area contributed by atoms with E-state index in [9.17, 15) is 9.90 Å². The van der Waals surface area contributed by atoms with Gasteiger partial charge in [-0.3, -0.25) is 9.69 Å². The van der Waals surface area contributed by atoms with Crippen LogP contribution in [0.3, 0.4) is 0 Å². The first-order valence-electron chi connectivity index (χ1n) is 12.4. The molecule has 4 rings (SSSR count). The first-order chi connectivity index (χ1) is 15.5. The highest BCUT2D eigenvalue weighted by Crippen LogP contribution is 2.35. The normalized spacial score (nSPS) is 23.5. The van der Waals surface area contributed by atoms with Crippen molar-refractivity contribution in [3.63, 3.8) is 0 Å². The molecule has 1 aliphatic carbocycles. The topological polar surface area (TPSA) is 80.5 Å². The van der Waals surface area contributed by atoms with Crippen molar-refractivity contribution < 1.29 is 9.84 Å². The van der Waals surface area contributed by atoms with Crippen LogP contribution in [-0.2, 0) is 17.7 Å². The molecule has 2 aromatic rings. The van der Waals surface area contributed by atoms with E-state index < -0.39 is 0 Å². The highest BCUT2D eigenvalue weighted by atomic mass is 16.5. The molecule has 2 fully saturated rings. The van der Waals surface area contributed by atoms with E-state index in [4.69, 9.17) is 9.72 Å². The van der Waals surface area contributed by atoms with Crippen LogP contribution in [-0.4, -0.2) is 63.5 Å². The van der Waals surface area contributed by atoms with Crippen molar-refractivity contribution in [2.75, 3.05) is 32.8 Å². The molecule has 0 aromatic carbocycles. The second kappa shape index (κ2) is 10.9. The lowest BCUT2D eigenvalue weighted by molar-refractivity contribution is 0.0363. The van der Waals surface area contributed by atoms with Crippen molar-refractivity contribution in [1.82, 2.24) is 19.4 Å². The Kier molecular flexibility index (Phi) is 7.92. The van der Waals surface area contributed by atoms with Crippen LogP contribution in [0.2, 0.25) is 0 Å². The summed E-state index contributed by atoms with van der Waals surface area (Å²) >= 11 is 0. The maximum absolute atomic E-state index is 13.3. The van der Waals surface area contributed by atoms with Crippen LogP contribution < -0.4 is 5.56 Å². The van der Waals surface area contributed by atoms with Crippen molar-refractivity contribution in [2.45, 2.75) is 77.4 Å². The monoisotopic (exact) mass is 442 g/mol. The molecule has 1 N–H and O–H groups in total. The molecule has 0 spiro atoms. The zero-order valence-corrected chi connectivity index (χ0v) is 19.6. The Morgan fingerprint density at radius 1 is 1.19 bits per heavy atom. The Labute approximate surface area is 190 Å². The third kappa shape index (κ3) is 5.56. The molecule has 1 aliphatic heterocycles. The molecular formula is C25H38N4O3. The molecule has 2 aliphatic rings. The van der Waals surface area contributed by atoms with E-state index in [1.165, 1.54) is 0 Å². The van der Waals surface area contributed by atoms with Gasteiger partial charge in [0, 0.05) is 45.0 Å². The second-order valence-electron chi connectivity index (χ2n) is 9.69. The van der Waals surface area contributed by atoms with Gasteiger partial charge in [-0.2, -0.15) is 0 Å². The molecule has 1 saturated heterocycles. The fourth-order valence-electron chi connectivity index (χ4n) is 5.17. The second-order valence-corrected chi connectivity index (χ2v) is 9.69. The van der Waals surface area contributed by atoms with Gasteiger partial charge < -0.3 is 14.4 Å². The van der Waals surface area contributed by atoms with E-state index in [2.05, 4.69) is 29.9 Å². The lowest BCUT2D eigenvalue weighted by Gasteiger charge is -2.28. The summed E-state index contributed by atoms with van der Waals surface area (Å²) in [6.45, 7) is 9.29. The number of fused-ring (bicyclic) bond motifs is 1. The largest absolute Gasteiger partial charge is 0.393 e. The molecule has 1 atom stereocenters. The molecular weight excluding hydrogens is 404 g/mol. The van der Waals surface area contributed by atoms with E-state index in [-0.39, 0.29) is 11.7 Å². The SMILES string of the molecule is CCCC(C)Cc1ncc2c(=O)n(CCN3CCOCC3)cc(C3CCC(O)CC3)c2n1. The van der Waals surface area contributed by atoms with Gasteiger partial charge in [0.1, 0.15) is 5.82 Å². The third-order valence-electron chi connectivity index (χ3n) is 7.11. The van der Waals surface area contributed by atoms with Gasteiger partial charge in [-0.1, -0.05) is 26.7 Å². The van der Waals surface area contributed by atoms with Crippen LogP contribution in [0.25, 0.3) is 10.9 Å². The Balaban J connectivity index is 1.66. The zero-order valence-electron chi connectivity index (χ0n) is 19.6. The van der Waals surface area contributed by atoms with Crippen LogP contribution in [0, 0.1) is 5.92 Å². The average Bonchev–Trinajstić information content (AvgIpc) is 2.80. The van der Waals surface area contributed by atoms with Crippen molar-refractivity contribution in [2.24, 2.45) is 5.92 Å². The summed E-state index contributed by atoms with van der Waals surface area (Å²) in [5.74, 6) is 1.69. The molecule has 7 heteroatoms. The predicted octanol–water partition coefficient (Wildman–Crippen LogP) is 3.12.